The Balaban J connectivity index is 1.54. The number of nitrogens with one attached hydrogen (secondary N) is 1. The lowest BCUT2D eigenvalue weighted by molar-refractivity contribution is -0.136. The Morgan fingerprint density at radius 3 is 2.28 bits per heavy atom. The Kier molecular flexibility index (Phi) is 8.63. The van der Waals surface area contributed by atoms with Gasteiger partial charge in [-0.2, -0.15) is 0 Å². The highest BCUT2D eigenvalue weighted by atomic mass is 16.2. The Morgan fingerprint density at radius 1 is 1.00 bits per heavy atom. The second kappa shape index (κ2) is 11.6. The van der Waals surface area contributed by atoms with Gasteiger partial charge in [0.05, 0.1) is 0 Å². The quantitative estimate of drug-likeness (QED) is 0.685. The third-order valence-electron chi connectivity index (χ3n) is 6.24. The molecular formula is C27H35N3O2. The van der Waals surface area contributed by atoms with Crippen molar-refractivity contribution < 1.29 is 9.59 Å². The van der Waals surface area contributed by atoms with Crippen LogP contribution in [0.1, 0.15) is 41.8 Å². The average molecular weight is 434 g/mol. The Hall–Kier alpha value is -2.92. The molecule has 0 bridgehead atoms. The van der Waals surface area contributed by atoms with Gasteiger partial charge in [0.25, 0.3) is 5.91 Å². The minimum absolute atomic E-state index is 0.0271. The van der Waals surface area contributed by atoms with E-state index in [1.54, 1.807) is 0 Å². The first-order valence-electron chi connectivity index (χ1n) is 11.6. The predicted molar refractivity (Wildman–Crippen MR) is 130 cm³/mol. The van der Waals surface area contributed by atoms with Crippen molar-refractivity contribution in [3.05, 3.63) is 77.4 Å². The van der Waals surface area contributed by atoms with Gasteiger partial charge in [0, 0.05) is 38.3 Å². The van der Waals surface area contributed by atoms with Gasteiger partial charge in [-0.3, -0.25) is 14.5 Å². The molecule has 0 spiro atoms. The van der Waals surface area contributed by atoms with Crippen molar-refractivity contribution >= 4 is 17.9 Å². The van der Waals surface area contributed by atoms with Gasteiger partial charge in [-0.1, -0.05) is 80.4 Å². The minimum atomic E-state index is -0.502. The number of aryl methyl sites for hydroxylation is 1. The maximum Gasteiger partial charge on any atom is 0.251 e. The fraction of sp³-hybridized carbons (Fsp3) is 0.407. The third kappa shape index (κ3) is 6.54. The van der Waals surface area contributed by atoms with Crippen LogP contribution in [0.5, 0.6) is 0 Å². The number of hydrogen-bond donors (Lipinski definition) is 1. The van der Waals surface area contributed by atoms with E-state index in [-0.39, 0.29) is 17.7 Å². The lowest BCUT2D eigenvalue weighted by atomic mass is 9.97. The highest BCUT2D eigenvalue weighted by Gasteiger charge is 2.31. The molecule has 2 atom stereocenters. The first-order valence-corrected chi connectivity index (χ1v) is 11.6. The van der Waals surface area contributed by atoms with E-state index in [0.717, 1.165) is 31.6 Å². The van der Waals surface area contributed by atoms with Crippen molar-refractivity contribution in [3.63, 3.8) is 0 Å². The summed E-state index contributed by atoms with van der Waals surface area (Å²) in [6, 6.07) is 17.2. The SMILES string of the molecule is CCC(C)C(NC(=O)c1ccc(C)cc1)C(=O)N1CCN(C/C=C/c2ccccc2)CC1. The van der Waals surface area contributed by atoms with Crippen LogP contribution in [-0.2, 0) is 4.79 Å². The summed E-state index contributed by atoms with van der Waals surface area (Å²) in [4.78, 5) is 30.3. The summed E-state index contributed by atoms with van der Waals surface area (Å²) in [5.41, 5.74) is 2.89. The molecule has 3 rings (SSSR count). The topological polar surface area (TPSA) is 52.7 Å². The van der Waals surface area contributed by atoms with Crippen LogP contribution in [-0.4, -0.2) is 60.4 Å². The van der Waals surface area contributed by atoms with Crippen LogP contribution in [0.2, 0.25) is 0 Å². The molecule has 1 aliphatic rings. The second-order valence-electron chi connectivity index (χ2n) is 8.64. The van der Waals surface area contributed by atoms with E-state index in [1.165, 1.54) is 5.56 Å². The molecule has 32 heavy (non-hydrogen) atoms. The number of piperazine rings is 1. The summed E-state index contributed by atoms with van der Waals surface area (Å²) in [6.07, 6.45) is 5.14. The maximum absolute atomic E-state index is 13.3. The standard InChI is InChI=1S/C27H35N3O2/c1-4-22(3)25(28-26(31)24-14-12-21(2)13-15-24)27(32)30-19-17-29(18-20-30)16-8-11-23-9-6-5-7-10-23/h5-15,22,25H,4,16-20H2,1-3H3,(H,28,31)/b11-8+. The van der Waals surface area contributed by atoms with E-state index in [1.807, 2.05) is 61.2 Å². The Bertz CT molecular complexity index is 900. The normalized spacial score (nSPS) is 16.7. The van der Waals surface area contributed by atoms with Crippen LogP contribution in [0, 0.1) is 12.8 Å². The van der Waals surface area contributed by atoms with E-state index in [2.05, 4.69) is 41.4 Å². The number of carbonyl (C=O) groups is 2. The number of carbonyl (C=O) groups excluding carboxylic acids is 2. The summed E-state index contributed by atoms with van der Waals surface area (Å²) >= 11 is 0. The molecule has 2 unspecified atom stereocenters. The molecule has 2 amide bonds. The van der Waals surface area contributed by atoms with Crippen LogP contribution < -0.4 is 5.32 Å². The summed E-state index contributed by atoms with van der Waals surface area (Å²) in [5, 5.41) is 3.01. The van der Waals surface area contributed by atoms with Gasteiger partial charge < -0.3 is 10.2 Å². The molecule has 0 radical (unpaired) electrons. The van der Waals surface area contributed by atoms with Gasteiger partial charge in [-0.25, -0.2) is 0 Å². The predicted octanol–water partition coefficient (Wildman–Crippen LogP) is 4.00. The van der Waals surface area contributed by atoms with Crippen LogP contribution in [0.3, 0.4) is 0 Å². The van der Waals surface area contributed by atoms with E-state index >= 15 is 0 Å². The fourth-order valence-corrected chi connectivity index (χ4v) is 3.86. The van der Waals surface area contributed by atoms with Crippen molar-refractivity contribution in [1.82, 2.24) is 15.1 Å². The molecule has 2 aromatic rings. The number of rotatable bonds is 8. The molecule has 1 fully saturated rings. The van der Waals surface area contributed by atoms with Gasteiger partial charge in [0.2, 0.25) is 5.91 Å². The number of benzene rings is 2. The number of hydrogen-bond acceptors (Lipinski definition) is 3. The average Bonchev–Trinajstić information content (AvgIpc) is 2.83. The monoisotopic (exact) mass is 433 g/mol. The molecule has 1 aliphatic heterocycles. The van der Waals surface area contributed by atoms with Crippen molar-refractivity contribution in [2.24, 2.45) is 5.92 Å². The first-order chi connectivity index (χ1) is 15.5. The highest BCUT2D eigenvalue weighted by Crippen LogP contribution is 2.14. The van der Waals surface area contributed by atoms with Gasteiger partial charge in [0.15, 0.2) is 0 Å². The largest absolute Gasteiger partial charge is 0.340 e. The van der Waals surface area contributed by atoms with Crippen molar-refractivity contribution in [2.45, 2.75) is 33.2 Å². The van der Waals surface area contributed by atoms with E-state index in [9.17, 15) is 9.59 Å². The van der Waals surface area contributed by atoms with Crippen LogP contribution in [0.4, 0.5) is 0 Å². The Labute approximate surface area is 192 Å². The first kappa shape index (κ1) is 23.7. The zero-order chi connectivity index (χ0) is 22.9. The van der Waals surface area contributed by atoms with E-state index in [4.69, 9.17) is 0 Å². The van der Waals surface area contributed by atoms with Gasteiger partial charge in [0.1, 0.15) is 6.04 Å². The molecule has 5 nitrogen and oxygen atoms in total. The lowest BCUT2D eigenvalue weighted by Gasteiger charge is -2.37. The van der Waals surface area contributed by atoms with E-state index in [0.29, 0.717) is 18.7 Å². The van der Waals surface area contributed by atoms with E-state index < -0.39 is 6.04 Å². The molecule has 1 N–H and O–H groups in total. The Morgan fingerprint density at radius 2 is 1.66 bits per heavy atom. The van der Waals surface area contributed by atoms with Crippen LogP contribution in [0.25, 0.3) is 6.08 Å². The minimum Gasteiger partial charge on any atom is -0.340 e. The zero-order valence-corrected chi connectivity index (χ0v) is 19.5. The van der Waals surface area contributed by atoms with Gasteiger partial charge in [-0.15, -0.1) is 0 Å². The molecule has 0 aromatic heterocycles. The zero-order valence-electron chi connectivity index (χ0n) is 19.5. The molecule has 2 aromatic carbocycles. The second-order valence-corrected chi connectivity index (χ2v) is 8.64. The smallest absolute Gasteiger partial charge is 0.251 e. The molecule has 5 heteroatoms. The highest BCUT2D eigenvalue weighted by molar-refractivity contribution is 5.97. The number of nitrogens with zero attached hydrogens (tertiary/aromatic N) is 2. The molecular weight excluding hydrogens is 398 g/mol. The summed E-state index contributed by atoms with van der Waals surface area (Å²) in [5.74, 6) is -0.0867. The van der Waals surface area contributed by atoms with Crippen LogP contribution >= 0.6 is 0 Å². The van der Waals surface area contributed by atoms with Crippen molar-refractivity contribution in [2.75, 3.05) is 32.7 Å². The summed E-state index contributed by atoms with van der Waals surface area (Å²) in [7, 11) is 0. The summed E-state index contributed by atoms with van der Waals surface area (Å²) in [6.45, 7) is 9.99. The molecule has 170 valence electrons. The van der Waals surface area contributed by atoms with Crippen molar-refractivity contribution in [1.29, 1.82) is 0 Å². The van der Waals surface area contributed by atoms with Crippen molar-refractivity contribution in [3.8, 4) is 0 Å². The van der Waals surface area contributed by atoms with Crippen LogP contribution in [0.15, 0.2) is 60.7 Å². The molecule has 1 saturated heterocycles. The van der Waals surface area contributed by atoms with Gasteiger partial charge >= 0.3 is 0 Å². The molecule has 0 aliphatic carbocycles. The summed E-state index contributed by atoms with van der Waals surface area (Å²) < 4.78 is 0. The number of amides is 2. The third-order valence-corrected chi connectivity index (χ3v) is 6.24. The molecule has 0 saturated carbocycles. The lowest BCUT2D eigenvalue weighted by Crippen LogP contribution is -2.56. The maximum atomic E-state index is 13.3. The molecule has 1 heterocycles. The van der Waals surface area contributed by atoms with Gasteiger partial charge in [-0.05, 0) is 30.5 Å². The fourth-order valence-electron chi connectivity index (χ4n) is 3.86.